The molecule has 1 unspecified atom stereocenters. The van der Waals surface area contributed by atoms with Gasteiger partial charge >= 0.3 is 0 Å². The lowest BCUT2D eigenvalue weighted by Gasteiger charge is -2.08. The number of carbonyl (C=O) groups is 1. The molecule has 1 aromatic carbocycles. The molecule has 0 bridgehead atoms. The number of nitrogens with zero attached hydrogens (tertiary/aromatic N) is 3. The fourth-order valence-corrected chi connectivity index (χ4v) is 1.84. The molecule has 0 saturated carbocycles. The van der Waals surface area contributed by atoms with Crippen molar-refractivity contribution in [1.29, 1.82) is 5.26 Å². The highest BCUT2D eigenvalue weighted by molar-refractivity contribution is 6.05. The summed E-state index contributed by atoms with van der Waals surface area (Å²) in [5, 5.41) is 20.1. The van der Waals surface area contributed by atoms with Gasteiger partial charge in [0.15, 0.2) is 5.78 Å². The SMILES string of the molecule is N#CC(C(=O)c1ccccc1[N+](=O)[O-])c1ccncc1. The average Bonchev–Trinajstić information content (AvgIpc) is 2.49. The largest absolute Gasteiger partial charge is 0.292 e. The summed E-state index contributed by atoms with van der Waals surface area (Å²) in [6.07, 6.45) is 2.93. The lowest BCUT2D eigenvalue weighted by molar-refractivity contribution is -0.385. The number of para-hydroxylation sites is 1. The van der Waals surface area contributed by atoms with Crippen molar-refractivity contribution in [2.24, 2.45) is 0 Å². The Labute approximate surface area is 114 Å². The molecule has 6 nitrogen and oxygen atoms in total. The predicted octanol–water partition coefficient (Wildman–Crippen LogP) is 2.48. The van der Waals surface area contributed by atoms with Crippen molar-refractivity contribution in [3.05, 3.63) is 70.0 Å². The van der Waals surface area contributed by atoms with Crippen molar-refractivity contribution in [2.45, 2.75) is 5.92 Å². The Balaban J connectivity index is 2.46. The van der Waals surface area contributed by atoms with E-state index in [0.29, 0.717) is 5.56 Å². The monoisotopic (exact) mass is 267 g/mol. The van der Waals surface area contributed by atoms with Crippen molar-refractivity contribution >= 4 is 11.5 Å². The van der Waals surface area contributed by atoms with Gasteiger partial charge in [0.1, 0.15) is 5.92 Å². The van der Waals surface area contributed by atoms with Gasteiger partial charge in [-0.15, -0.1) is 0 Å². The van der Waals surface area contributed by atoms with Gasteiger partial charge in [-0.2, -0.15) is 5.26 Å². The molecular formula is C14H9N3O3. The van der Waals surface area contributed by atoms with Crippen LogP contribution in [0.1, 0.15) is 21.8 Å². The van der Waals surface area contributed by atoms with Gasteiger partial charge in [-0.05, 0) is 23.8 Å². The zero-order valence-corrected chi connectivity index (χ0v) is 10.3. The van der Waals surface area contributed by atoms with Crippen LogP contribution in [0.2, 0.25) is 0 Å². The third kappa shape index (κ3) is 2.52. The molecule has 1 aromatic heterocycles. The van der Waals surface area contributed by atoms with Crippen molar-refractivity contribution in [3.63, 3.8) is 0 Å². The van der Waals surface area contributed by atoms with E-state index in [1.165, 1.54) is 36.7 Å². The van der Waals surface area contributed by atoms with Crippen LogP contribution in [-0.2, 0) is 0 Å². The summed E-state index contributed by atoms with van der Waals surface area (Å²) in [4.78, 5) is 26.5. The van der Waals surface area contributed by atoms with Crippen LogP contribution in [0.4, 0.5) is 5.69 Å². The minimum Gasteiger partial charge on any atom is -0.292 e. The van der Waals surface area contributed by atoms with E-state index in [-0.39, 0.29) is 11.3 Å². The Morgan fingerprint density at radius 3 is 2.50 bits per heavy atom. The summed E-state index contributed by atoms with van der Waals surface area (Å²) in [5.41, 5.74) is 0.0957. The maximum atomic E-state index is 12.4. The first kappa shape index (κ1) is 13.4. The Hall–Kier alpha value is -3.07. The smallest absolute Gasteiger partial charge is 0.280 e. The highest BCUT2D eigenvalue weighted by atomic mass is 16.6. The molecule has 0 spiro atoms. The molecule has 1 heterocycles. The number of pyridine rings is 1. The standard InChI is InChI=1S/C14H9N3O3/c15-9-12(10-5-7-16-8-6-10)14(18)11-3-1-2-4-13(11)17(19)20/h1-8,12H. The molecule has 0 saturated heterocycles. The molecule has 6 heteroatoms. The summed E-state index contributed by atoms with van der Waals surface area (Å²) >= 11 is 0. The quantitative estimate of drug-likeness (QED) is 0.481. The van der Waals surface area contributed by atoms with Gasteiger partial charge in [-0.1, -0.05) is 12.1 Å². The summed E-state index contributed by atoms with van der Waals surface area (Å²) in [7, 11) is 0. The van der Waals surface area contributed by atoms with Crippen LogP contribution in [0.25, 0.3) is 0 Å². The Bertz CT molecular complexity index is 692. The number of nitriles is 1. The first-order chi connectivity index (χ1) is 9.65. The minimum atomic E-state index is -1.08. The second-order valence-electron chi connectivity index (χ2n) is 3.98. The van der Waals surface area contributed by atoms with Crippen molar-refractivity contribution in [1.82, 2.24) is 4.98 Å². The van der Waals surface area contributed by atoms with E-state index in [1.807, 2.05) is 6.07 Å². The number of hydrogen-bond acceptors (Lipinski definition) is 5. The topological polar surface area (TPSA) is 96.9 Å². The van der Waals surface area contributed by atoms with Crippen LogP contribution < -0.4 is 0 Å². The molecule has 0 fully saturated rings. The Morgan fingerprint density at radius 2 is 1.90 bits per heavy atom. The first-order valence-corrected chi connectivity index (χ1v) is 5.72. The van der Waals surface area contributed by atoms with Crippen LogP contribution in [0, 0.1) is 21.4 Å². The van der Waals surface area contributed by atoms with Gasteiger partial charge in [0.25, 0.3) is 5.69 Å². The highest BCUT2D eigenvalue weighted by Crippen LogP contribution is 2.25. The van der Waals surface area contributed by atoms with Gasteiger partial charge in [-0.3, -0.25) is 19.9 Å². The Kier molecular flexibility index (Phi) is 3.82. The van der Waals surface area contributed by atoms with Crippen LogP contribution in [0.15, 0.2) is 48.8 Å². The zero-order valence-electron chi connectivity index (χ0n) is 10.3. The number of benzene rings is 1. The molecular weight excluding hydrogens is 258 g/mol. The number of Topliss-reactive ketones (excluding diaryl/α,β-unsaturated/α-hetero) is 1. The van der Waals surface area contributed by atoms with Crippen molar-refractivity contribution in [2.75, 3.05) is 0 Å². The van der Waals surface area contributed by atoms with E-state index in [9.17, 15) is 20.2 Å². The maximum Gasteiger partial charge on any atom is 0.280 e. The number of rotatable bonds is 4. The molecule has 0 amide bonds. The molecule has 0 aliphatic carbocycles. The van der Waals surface area contributed by atoms with Gasteiger partial charge in [0.2, 0.25) is 0 Å². The van der Waals surface area contributed by atoms with Crippen molar-refractivity contribution in [3.8, 4) is 6.07 Å². The number of nitro groups is 1. The first-order valence-electron chi connectivity index (χ1n) is 5.72. The number of nitro benzene ring substituents is 1. The normalized spacial score (nSPS) is 11.3. The lowest BCUT2D eigenvalue weighted by Crippen LogP contribution is -2.13. The minimum absolute atomic E-state index is 0.0686. The van der Waals surface area contributed by atoms with Crippen LogP contribution in [-0.4, -0.2) is 15.7 Å². The molecule has 2 aromatic rings. The zero-order chi connectivity index (χ0) is 14.5. The van der Waals surface area contributed by atoms with Gasteiger partial charge in [0, 0.05) is 18.5 Å². The number of carbonyl (C=O) groups excluding carboxylic acids is 1. The number of ketones is 1. The third-order valence-electron chi connectivity index (χ3n) is 2.80. The highest BCUT2D eigenvalue weighted by Gasteiger charge is 2.27. The van der Waals surface area contributed by atoms with E-state index >= 15 is 0 Å². The molecule has 0 aliphatic rings. The van der Waals surface area contributed by atoms with Crippen LogP contribution in [0.3, 0.4) is 0 Å². The van der Waals surface area contributed by atoms with Gasteiger partial charge in [-0.25, -0.2) is 0 Å². The van der Waals surface area contributed by atoms with E-state index in [4.69, 9.17) is 0 Å². The van der Waals surface area contributed by atoms with Crippen LogP contribution >= 0.6 is 0 Å². The van der Waals surface area contributed by atoms with E-state index in [2.05, 4.69) is 4.98 Å². The molecule has 1 atom stereocenters. The van der Waals surface area contributed by atoms with Gasteiger partial charge < -0.3 is 0 Å². The fourth-order valence-electron chi connectivity index (χ4n) is 1.84. The summed E-state index contributed by atoms with van der Waals surface area (Å²) in [5.74, 6) is -1.68. The van der Waals surface area contributed by atoms with Crippen LogP contribution in [0.5, 0.6) is 0 Å². The summed E-state index contributed by atoms with van der Waals surface area (Å²) < 4.78 is 0. The summed E-state index contributed by atoms with van der Waals surface area (Å²) in [6.45, 7) is 0. The molecule has 0 aliphatic heterocycles. The molecule has 98 valence electrons. The van der Waals surface area contributed by atoms with Gasteiger partial charge in [0.05, 0.1) is 16.6 Å². The second-order valence-corrected chi connectivity index (χ2v) is 3.98. The van der Waals surface area contributed by atoms with E-state index in [0.717, 1.165) is 0 Å². The molecule has 0 radical (unpaired) electrons. The molecule has 0 N–H and O–H groups in total. The maximum absolute atomic E-state index is 12.4. The molecule has 2 rings (SSSR count). The summed E-state index contributed by atoms with van der Waals surface area (Å²) in [6, 6.07) is 10.6. The van der Waals surface area contributed by atoms with E-state index < -0.39 is 16.6 Å². The Morgan fingerprint density at radius 1 is 1.25 bits per heavy atom. The lowest BCUT2D eigenvalue weighted by atomic mass is 9.92. The van der Waals surface area contributed by atoms with E-state index in [1.54, 1.807) is 12.1 Å². The number of aromatic nitrogens is 1. The number of hydrogen-bond donors (Lipinski definition) is 0. The predicted molar refractivity (Wildman–Crippen MR) is 70.0 cm³/mol. The fraction of sp³-hybridized carbons (Fsp3) is 0.0714. The van der Waals surface area contributed by atoms with Crippen molar-refractivity contribution < 1.29 is 9.72 Å². The molecule has 20 heavy (non-hydrogen) atoms. The second kappa shape index (κ2) is 5.71. The average molecular weight is 267 g/mol. The third-order valence-corrected chi connectivity index (χ3v) is 2.80.